The Morgan fingerprint density at radius 1 is 0.611 bits per heavy atom. The van der Waals surface area contributed by atoms with E-state index in [1.165, 1.54) is 23.5 Å². The second-order valence-corrected chi connectivity index (χ2v) is 9.85. The first-order valence-electron chi connectivity index (χ1n) is 10.9. The molecule has 0 saturated carbocycles. The normalized spacial score (nSPS) is 10.9. The first-order chi connectivity index (χ1) is 17.7. The summed E-state index contributed by atoms with van der Waals surface area (Å²) in [5.41, 5.74) is 4.46. The predicted molar refractivity (Wildman–Crippen MR) is 143 cm³/mol. The predicted octanol–water partition coefficient (Wildman–Crippen LogP) is 6.33. The molecule has 7 nitrogen and oxygen atoms in total. The van der Waals surface area contributed by atoms with Crippen molar-refractivity contribution in [1.29, 1.82) is 0 Å². The van der Waals surface area contributed by atoms with Gasteiger partial charge in [0.2, 0.25) is 0 Å². The van der Waals surface area contributed by atoms with Crippen LogP contribution in [0.4, 0.5) is 0 Å². The molecule has 0 spiro atoms. The first-order valence-corrected chi connectivity index (χ1v) is 13.3. The zero-order chi connectivity index (χ0) is 24.7. The van der Waals surface area contributed by atoms with E-state index < -0.39 is 0 Å². The van der Waals surface area contributed by atoms with E-state index in [0.717, 1.165) is 22.8 Å². The molecule has 0 unspecified atom stereocenters. The van der Waals surface area contributed by atoms with Gasteiger partial charge in [0.15, 0.2) is 10.3 Å². The van der Waals surface area contributed by atoms with Gasteiger partial charge in [-0.2, -0.15) is 0 Å². The third-order valence-electron chi connectivity index (χ3n) is 5.07. The van der Waals surface area contributed by atoms with E-state index >= 15 is 0 Å². The number of aromatic nitrogens is 6. The van der Waals surface area contributed by atoms with Gasteiger partial charge in [-0.1, -0.05) is 47.3 Å². The molecule has 10 heteroatoms. The average Bonchev–Trinajstić information content (AvgIpc) is 2.94. The molecule has 1 N–H and O–H groups in total. The van der Waals surface area contributed by atoms with Crippen molar-refractivity contribution < 1.29 is 5.11 Å². The van der Waals surface area contributed by atoms with Crippen LogP contribution >= 0.6 is 35.1 Å². The second kappa shape index (κ2) is 11.5. The maximum atomic E-state index is 10.9. The van der Waals surface area contributed by atoms with Gasteiger partial charge in [-0.25, -0.2) is 19.9 Å². The van der Waals surface area contributed by atoms with Gasteiger partial charge in [0, 0.05) is 52.4 Å². The molecule has 0 saturated heterocycles. The van der Waals surface area contributed by atoms with E-state index in [1.54, 1.807) is 36.9 Å². The second-order valence-electron chi connectivity index (χ2n) is 7.53. The third kappa shape index (κ3) is 5.99. The van der Waals surface area contributed by atoms with Crippen LogP contribution in [0.3, 0.4) is 0 Å². The van der Waals surface area contributed by atoms with Crippen LogP contribution in [0.15, 0.2) is 95.8 Å². The molecule has 4 aromatic heterocycles. The number of aromatic hydroxyl groups is 1. The topological polar surface area (TPSA) is 97.6 Å². The summed E-state index contributed by atoms with van der Waals surface area (Å²) in [5.74, 6) is 1.11. The summed E-state index contributed by atoms with van der Waals surface area (Å²) in [5, 5.41) is 12.7. The van der Waals surface area contributed by atoms with Gasteiger partial charge in [0.1, 0.15) is 5.75 Å². The molecule has 0 atom stereocenters. The first kappa shape index (κ1) is 24.2. The molecule has 0 aliphatic rings. The van der Waals surface area contributed by atoms with Crippen molar-refractivity contribution in [1.82, 2.24) is 29.9 Å². The standard InChI is InChI=1S/C26H19ClN6OS2/c27-19-13-17(15-35-25-30-11-7-22(32-25)20-5-1-3-9-28-20)24(34)18(14-19)16-36-26-31-12-8-23(33-26)21-6-2-4-10-29-21/h1-14,34H,15-16H2. The molecule has 0 amide bonds. The van der Waals surface area contributed by atoms with Crippen LogP contribution in [0.25, 0.3) is 22.8 Å². The fraction of sp³-hybridized carbons (Fsp3) is 0.0769. The lowest BCUT2D eigenvalue weighted by Crippen LogP contribution is -1.94. The zero-order valence-electron chi connectivity index (χ0n) is 18.8. The van der Waals surface area contributed by atoms with Crippen molar-refractivity contribution in [2.24, 2.45) is 0 Å². The van der Waals surface area contributed by atoms with Crippen LogP contribution in [0.1, 0.15) is 11.1 Å². The van der Waals surface area contributed by atoms with Gasteiger partial charge < -0.3 is 5.11 Å². The SMILES string of the molecule is Oc1c(CSc2nccc(-c3ccccn3)n2)cc(Cl)cc1CSc1nccc(-c2ccccn2)n1. The minimum absolute atomic E-state index is 0.196. The quantitative estimate of drug-likeness (QED) is 0.182. The highest BCUT2D eigenvalue weighted by Gasteiger charge is 2.13. The summed E-state index contributed by atoms with van der Waals surface area (Å²) >= 11 is 9.23. The van der Waals surface area contributed by atoms with E-state index in [2.05, 4.69) is 29.9 Å². The lowest BCUT2D eigenvalue weighted by molar-refractivity contribution is 0.466. The van der Waals surface area contributed by atoms with Crippen molar-refractivity contribution in [3.63, 3.8) is 0 Å². The minimum atomic E-state index is 0.196. The minimum Gasteiger partial charge on any atom is -0.507 e. The fourth-order valence-corrected chi connectivity index (χ4v) is 5.23. The number of benzene rings is 1. The molecule has 178 valence electrons. The zero-order valence-corrected chi connectivity index (χ0v) is 21.2. The molecule has 0 bridgehead atoms. The number of rotatable bonds is 8. The van der Waals surface area contributed by atoms with E-state index in [4.69, 9.17) is 11.6 Å². The van der Waals surface area contributed by atoms with E-state index in [9.17, 15) is 5.11 Å². The molecule has 0 aliphatic heterocycles. The van der Waals surface area contributed by atoms with Crippen molar-refractivity contribution in [3.05, 3.63) is 102 Å². The third-order valence-corrected chi connectivity index (χ3v) is 7.11. The molecule has 36 heavy (non-hydrogen) atoms. The number of hydrogen-bond acceptors (Lipinski definition) is 9. The summed E-state index contributed by atoms with van der Waals surface area (Å²) in [6.07, 6.45) is 6.87. The van der Waals surface area contributed by atoms with E-state index in [-0.39, 0.29) is 5.75 Å². The Morgan fingerprint density at radius 2 is 1.11 bits per heavy atom. The number of halogens is 1. The van der Waals surface area contributed by atoms with Gasteiger partial charge in [-0.05, 0) is 48.5 Å². The molecule has 4 heterocycles. The average molecular weight is 531 g/mol. The summed E-state index contributed by atoms with van der Waals surface area (Å²) in [6, 6.07) is 18.5. The van der Waals surface area contributed by atoms with Gasteiger partial charge in [0.05, 0.1) is 22.8 Å². The van der Waals surface area contributed by atoms with E-state index in [1.807, 2.05) is 48.5 Å². The van der Waals surface area contributed by atoms with Gasteiger partial charge in [0.25, 0.3) is 0 Å². The molecule has 0 fully saturated rings. The number of phenolic OH excluding ortho intramolecular Hbond substituents is 1. The molecule has 0 aliphatic carbocycles. The fourth-order valence-electron chi connectivity index (χ4n) is 3.36. The Morgan fingerprint density at radius 3 is 1.56 bits per heavy atom. The highest BCUT2D eigenvalue weighted by atomic mass is 35.5. The van der Waals surface area contributed by atoms with Crippen LogP contribution in [0.2, 0.25) is 5.02 Å². The summed E-state index contributed by atoms with van der Waals surface area (Å²) in [7, 11) is 0. The van der Waals surface area contributed by atoms with Gasteiger partial charge in [-0.15, -0.1) is 0 Å². The molecule has 1 aromatic carbocycles. The largest absolute Gasteiger partial charge is 0.507 e. The number of pyridine rings is 2. The molecule has 0 radical (unpaired) electrons. The Labute approximate surface area is 221 Å². The van der Waals surface area contributed by atoms with Gasteiger partial charge in [-0.3, -0.25) is 9.97 Å². The lowest BCUT2D eigenvalue weighted by Gasteiger charge is -2.11. The van der Waals surface area contributed by atoms with Crippen LogP contribution in [-0.4, -0.2) is 35.0 Å². The molecule has 5 rings (SSSR count). The number of nitrogens with zero attached hydrogens (tertiary/aromatic N) is 6. The highest BCUT2D eigenvalue weighted by molar-refractivity contribution is 7.98. The summed E-state index contributed by atoms with van der Waals surface area (Å²) in [4.78, 5) is 26.6. The monoisotopic (exact) mass is 530 g/mol. The van der Waals surface area contributed by atoms with Crippen molar-refractivity contribution in [2.45, 2.75) is 21.8 Å². The van der Waals surface area contributed by atoms with Crippen molar-refractivity contribution in [2.75, 3.05) is 0 Å². The Kier molecular flexibility index (Phi) is 7.70. The maximum absolute atomic E-state index is 10.9. The van der Waals surface area contributed by atoms with Gasteiger partial charge >= 0.3 is 0 Å². The number of thioether (sulfide) groups is 2. The van der Waals surface area contributed by atoms with E-state index in [0.29, 0.717) is 38.0 Å². The van der Waals surface area contributed by atoms with Crippen LogP contribution in [0.5, 0.6) is 5.75 Å². The molecule has 5 aromatic rings. The molecular weight excluding hydrogens is 512 g/mol. The Balaban J connectivity index is 1.29. The smallest absolute Gasteiger partial charge is 0.188 e. The highest BCUT2D eigenvalue weighted by Crippen LogP contribution is 2.35. The van der Waals surface area contributed by atoms with Crippen molar-refractivity contribution >= 4 is 35.1 Å². The number of phenols is 1. The Hall–Kier alpha value is -3.53. The van der Waals surface area contributed by atoms with Crippen LogP contribution < -0.4 is 0 Å². The Bertz CT molecular complexity index is 1370. The number of hydrogen-bond donors (Lipinski definition) is 1. The maximum Gasteiger partial charge on any atom is 0.188 e. The van der Waals surface area contributed by atoms with Crippen molar-refractivity contribution in [3.8, 4) is 28.5 Å². The van der Waals surface area contributed by atoms with Crippen LogP contribution in [0, 0.1) is 0 Å². The lowest BCUT2D eigenvalue weighted by atomic mass is 10.1. The summed E-state index contributed by atoms with van der Waals surface area (Å²) < 4.78 is 0. The van der Waals surface area contributed by atoms with Crippen LogP contribution in [-0.2, 0) is 11.5 Å². The molecular formula is C26H19ClN6OS2. The summed E-state index contributed by atoms with van der Waals surface area (Å²) in [6.45, 7) is 0.